The molecule has 0 aromatic carbocycles. The molecule has 0 radical (unpaired) electrons. The third-order valence-corrected chi connectivity index (χ3v) is 3.19. The van der Waals surface area contributed by atoms with Crippen molar-refractivity contribution >= 4 is 5.91 Å². The summed E-state index contributed by atoms with van der Waals surface area (Å²) >= 11 is 0. The summed E-state index contributed by atoms with van der Waals surface area (Å²) in [6.07, 6.45) is 3.60. The molecule has 0 spiro atoms. The summed E-state index contributed by atoms with van der Waals surface area (Å²) in [5, 5.41) is 3.18. The molecule has 1 saturated carbocycles. The second-order valence-corrected chi connectivity index (χ2v) is 6.34. The molecular weight excluding hydrogens is 186 g/mol. The van der Waals surface area contributed by atoms with Gasteiger partial charge in [-0.15, -0.1) is 0 Å². The summed E-state index contributed by atoms with van der Waals surface area (Å²) < 4.78 is 0. The maximum Gasteiger partial charge on any atom is 0.225 e. The summed E-state index contributed by atoms with van der Waals surface area (Å²) in [5.74, 6) is 1.69. The standard InChI is InChI=1S/C13H25NO/c1-9-6-10(2)8-11(7-9)14-12(15)13(3,4)5/h9-11H,6-8H2,1-5H3,(H,14,15). The van der Waals surface area contributed by atoms with Crippen LogP contribution in [-0.2, 0) is 4.79 Å². The lowest BCUT2D eigenvalue weighted by Crippen LogP contribution is -2.44. The molecule has 1 rings (SSSR count). The number of carbonyl (C=O) groups excluding carboxylic acids is 1. The van der Waals surface area contributed by atoms with E-state index in [0.717, 1.165) is 24.7 Å². The predicted octanol–water partition coefficient (Wildman–Crippen LogP) is 2.97. The van der Waals surface area contributed by atoms with E-state index in [1.54, 1.807) is 0 Å². The maximum atomic E-state index is 11.8. The van der Waals surface area contributed by atoms with Crippen LogP contribution in [0.15, 0.2) is 0 Å². The average Bonchev–Trinajstić information content (AvgIpc) is 1.99. The third-order valence-electron chi connectivity index (χ3n) is 3.19. The maximum absolute atomic E-state index is 11.8. The van der Waals surface area contributed by atoms with Gasteiger partial charge in [-0.1, -0.05) is 34.6 Å². The second kappa shape index (κ2) is 4.54. The topological polar surface area (TPSA) is 29.1 Å². The van der Waals surface area contributed by atoms with Crippen molar-refractivity contribution in [2.75, 3.05) is 0 Å². The highest BCUT2D eigenvalue weighted by molar-refractivity contribution is 5.81. The van der Waals surface area contributed by atoms with Crippen molar-refractivity contribution in [3.05, 3.63) is 0 Å². The number of hydrogen-bond acceptors (Lipinski definition) is 1. The average molecular weight is 211 g/mol. The Bertz CT molecular complexity index is 219. The lowest BCUT2D eigenvalue weighted by Gasteiger charge is -2.33. The van der Waals surface area contributed by atoms with Crippen molar-refractivity contribution in [1.82, 2.24) is 5.32 Å². The zero-order valence-corrected chi connectivity index (χ0v) is 10.8. The van der Waals surface area contributed by atoms with Gasteiger partial charge in [-0.2, -0.15) is 0 Å². The smallest absolute Gasteiger partial charge is 0.225 e. The van der Waals surface area contributed by atoms with Crippen molar-refractivity contribution in [3.8, 4) is 0 Å². The van der Waals surface area contributed by atoms with Crippen LogP contribution < -0.4 is 5.32 Å². The quantitative estimate of drug-likeness (QED) is 0.710. The molecule has 0 aromatic heterocycles. The molecule has 0 saturated heterocycles. The Labute approximate surface area is 93.8 Å². The second-order valence-electron chi connectivity index (χ2n) is 6.34. The normalized spacial score (nSPS) is 32.5. The van der Waals surface area contributed by atoms with E-state index in [0.29, 0.717) is 6.04 Å². The van der Waals surface area contributed by atoms with Crippen LogP contribution in [0.2, 0.25) is 0 Å². The molecule has 88 valence electrons. The highest BCUT2D eigenvalue weighted by atomic mass is 16.2. The third kappa shape index (κ3) is 3.84. The van der Waals surface area contributed by atoms with Crippen molar-refractivity contribution < 1.29 is 4.79 Å². The fourth-order valence-corrected chi connectivity index (χ4v) is 2.47. The van der Waals surface area contributed by atoms with Crippen LogP contribution in [0.4, 0.5) is 0 Å². The van der Waals surface area contributed by atoms with E-state index in [1.807, 2.05) is 20.8 Å². The first-order chi connectivity index (χ1) is 6.79. The molecule has 0 heterocycles. The lowest BCUT2D eigenvalue weighted by atomic mass is 9.80. The summed E-state index contributed by atoms with van der Waals surface area (Å²) in [7, 11) is 0. The summed E-state index contributed by atoms with van der Waals surface area (Å²) in [4.78, 5) is 11.8. The van der Waals surface area contributed by atoms with Gasteiger partial charge >= 0.3 is 0 Å². The Balaban J connectivity index is 2.48. The Morgan fingerprint density at radius 2 is 1.53 bits per heavy atom. The number of amides is 1. The van der Waals surface area contributed by atoms with E-state index >= 15 is 0 Å². The van der Waals surface area contributed by atoms with Crippen LogP contribution in [0.1, 0.15) is 53.9 Å². The van der Waals surface area contributed by atoms with E-state index in [1.165, 1.54) is 6.42 Å². The fraction of sp³-hybridized carbons (Fsp3) is 0.923. The Kier molecular flexibility index (Phi) is 3.80. The molecule has 2 heteroatoms. The van der Waals surface area contributed by atoms with Crippen LogP contribution in [0.25, 0.3) is 0 Å². The van der Waals surface area contributed by atoms with Gasteiger partial charge < -0.3 is 5.32 Å². The lowest BCUT2D eigenvalue weighted by molar-refractivity contribution is -0.129. The Hall–Kier alpha value is -0.530. The van der Waals surface area contributed by atoms with Gasteiger partial charge in [0.05, 0.1) is 0 Å². The van der Waals surface area contributed by atoms with E-state index < -0.39 is 0 Å². The highest BCUT2D eigenvalue weighted by Crippen LogP contribution is 2.29. The largest absolute Gasteiger partial charge is 0.353 e. The number of carbonyl (C=O) groups is 1. The molecular formula is C13H25NO. The predicted molar refractivity (Wildman–Crippen MR) is 63.6 cm³/mol. The van der Waals surface area contributed by atoms with Gasteiger partial charge in [0.15, 0.2) is 0 Å². The first-order valence-electron chi connectivity index (χ1n) is 6.10. The molecule has 15 heavy (non-hydrogen) atoms. The van der Waals surface area contributed by atoms with Gasteiger partial charge in [0, 0.05) is 11.5 Å². The van der Waals surface area contributed by atoms with Crippen molar-refractivity contribution in [2.24, 2.45) is 17.3 Å². The fourth-order valence-electron chi connectivity index (χ4n) is 2.47. The van der Waals surface area contributed by atoms with Crippen molar-refractivity contribution in [2.45, 2.75) is 59.9 Å². The molecule has 1 aliphatic rings. The van der Waals surface area contributed by atoms with Crippen LogP contribution in [0.3, 0.4) is 0 Å². The molecule has 2 unspecified atom stereocenters. The van der Waals surface area contributed by atoms with Gasteiger partial charge in [-0.3, -0.25) is 4.79 Å². The van der Waals surface area contributed by atoms with Crippen LogP contribution in [0.5, 0.6) is 0 Å². The van der Waals surface area contributed by atoms with Crippen molar-refractivity contribution in [3.63, 3.8) is 0 Å². The minimum Gasteiger partial charge on any atom is -0.353 e. The van der Waals surface area contributed by atoms with E-state index in [4.69, 9.17) is 0 Å². The van der Waals surface area contributed by atoms with Gasteiger partial charge in [0.1, 0.15) is 0 Å². The molecule has 0 bridgehead atoms. The first kappa shape index (κ1) is 12.5. The van der Waals surface area contributed by atoms with Crippen LogP contribution >= 0.6 is 0 Å². The van der Waals surface area contributed by atoms with E-state index in [2.05, 4.69) is 19.2 Å². The summed E-state index contributed by atoms with van der Waals surface area (Å²) in [5.41, 5.74) is -0.260. The molecule has 2 nitrogen and oxygen atoms in total. The van der Waals surface area contributed by atoms with Crippen LogP contribution in [0, 0.1) is 17.3 Å². The Morgan fingerprint density at radius 1 is 1.07 bits per heavy atom. The molecule has 1 aliphatic carbocycles. The number of rotatable bonds is 1. The molecule has 1 N–H and O–H groups in total. The minimum absolute atomic E-state index is 0.189. The number of nitrogens with one attached hydrogen (secondary N) is 1. The molecule has 2 atom stereocenters. The van der Waals surface area contributed by atoms with Gasteiger partial charge in [-0.05, 0) is 31.1 Å². The molecule has 1 amide bonds. The van der Waals surface area contributed by atoms with Gasteiger partial charge in [-0.25, -0.2) is 0 Å². The minimum atomic E-state index is -0.260. The van der Waals surface area contributed by atoms with Crippen molar-refractivity contribution in [1.29, 1.82) is 0 Å². The monoisotopic (exact) mass is 211 g/mol. The zero-order valence-electron chi connectivity index (χ0n) is 10.8. The van der Waals surface area contributed by atoms with Gasteiger partial charge in [0.25, 0.3) is 0 Å². The summed E-state index contributed by atoms with van der Waals surface area (Å²) in [6.45, 7) is 10.5. The first-order valence-corrected chi connectivity index (χ1v) is 6.10. The summed E-state index contributed by atoms with van der Waals surface area (Å²) in [6, 6.07) is 0.399. The van der Waals surface area contributed by atoms with Gasteiger partial charge in [0.2, 0.25) is 5.91 Å². The molecule has 0 aromatic rings. The van der Waals surface area contributed by atoms with Crippen LogP contribution in [-0.4, -0.2) is 11.9 Å². The number of hydrogen-bond donors (Lipinski definition) is 1. The Morgan fingerprint density at radius 3 is 1.93 bits per heavy atom. The SMILES string of the molecule is CC1CC(C)CC(NC(=O)C(C)(C)C)C1. The highest BCUT2D eigenvalue weighted by Gasteiger charge is 2.28. The van der Waals surface area contributed by atoms with E-state index in [-0.39, 0.29) is 11.3 Å². The van der Waals surface area contributed by atoms with E-state index in [9.17, 15) is 4.79 Å². The molecule has 0 aliphatic heterocycles. The molecule has 1 fully saturated rings. The zero-order chi connectivity index (χ0) is 11.6.